The number of benzene rings is 1. The molecule has 138 valence electrons. The lowest BCUT2D eigenvalue weighted by Crippen LogP contribution is -2.47. The molecule has 1 heterocycles. The van der Waals surface area contributed by atoms with Gasteiger partial charge in [-0.1, -0.05) is 0 Å². The average Bonchev–Trinajstić information content (AvgIpc) is 2.65. The van der Waals surface area contributed by atoms with Gasteiger partial charge in [0, 0.05) is 26.2 Å². The molecule has 1 aliphatic heterocycles. The van der Waals surface area contributed by atoms with Gasteiger partial charge in [0.1, 0.15) is 11.5 Å². The fraction of sp³-hybridized carbons (Fsp3) is 0.556. The zero-order valence-electron chi connectivity index (χ0n) is 14.7. The van der Waals surface area contributed by atoms with Gasteiger partial charge in [0.15, 0.2) is 6.61 Å². The summed E-state index contributed by atoms with van der Waals surface area (Å²) in [6.45, 7) is 4.46. The van der Waals surface area contributed by atoms with Gasteiger partial charge in [-0.3, -0.25) is 9.59 Å². The Labute approximate surface area is 148 Å². The van der Waals surface area contributed by atoms with E-state index in [4.69, 9.17) is 15.2 Å². The van der Waals surface area contributed by atoms with Gasteiger partial charge < -0.3 is 25.4 Å². The van der Waals surface area contributed by atoms with Crippen LogP contribution in [0.4, 0.5) is 0 Å². The van der Waals surface area contributed by atoms with E-state index >= 15 is 0 Å². The van der Waals surface area contributed by atoms with E-state index in [2.05, 4.69) is 5.32 Å². The molecular weight excluding hydrogens is 322 g/mol. The molecular formula is C18H27N3O4. The Morgan fingerprint density at radius 1 is 1.24 bits per heavy atom. The van der Waals surface area contributed by atoms with Crippen LogP contribution in [0.2, 0.25) is 0 Å². The molecule has 2 rings (SSSR count). The monoisotopic (exact) mass is 349 g/mol. The molecule has 1 fully saturated rings. The van der Waals surface area contributed by atoms with Crippen molar-refractivity contribution in [1.29, 1.82) is 0 Å². The molecule has 0 spiro atoms. The van der Waals surface area contributed by atoms with E-state index in [1.54, 1.807) is 17.0 Å². The molecule has 1 aromatic carbocycles. The molecule has 0 saturated carbocycles. The maximum Gasteiger partial charge on any atom is 0.260 e. The van der Waals surface area contributed by atoms with Crippen LogP contribution in [0.25, 0.3) is 0 Å². The number of likely N-dealkylation sites (tertiary alicyclic amines) is 1. The van der Waals surface area contributed by atoms with Crippen molar-refractivity contribution in [2.45, 2.75) is 19.8 Å². The van der Waals surface area contributed by atoms with Crippen LogP contribution in [-0.2, 0) is 9.59 Å². The molecule has 25 heavy (non-hydrogen) atoms. The summed E-state index contributed by atoms with van der Waals surface area (Å²) in [5, 5.41) is 2.79. The van der Waals surface area contributed by atoms with Gasteiger partial charge in [-0.2, -0.15) is 0 Å². The topological polar surface area (TPSA) is 93.9 Å². The molecule has 7 heteroatoms. The Hall–Kier alpha value is -2.28. The molecule has 0 radical (unpaired) electrons. The van der Waals surface area contributed by atoms with Gasteiger partial charge in [-0.25, -0.2) is 0 Å². The second kappa shape index (κ2) is 9.88. The van der Waals surface area contributed by atoms with Crippen molar-refractivity contribution >= 4 is 11.8 Å². The van der Waals surface area contributed by atoms with Gasteiger partial charge >= 0.3 is 0 Å². The lowest BCUT2D eigenvalue weighted by atomic mass is 9.97. The maximum atomic E-state index is 12.3. The number of amides is 2. The second-order valence-corrected chi connectivity index (χ2v) is 5.95. The van der Waals surface area contributed by atoms with Crippen molar-refractivity contribution in [2.24, 2.45) is 11.7 Å². The van der Waals surface area contributed by atoms with E-state index < -0.39 is 0 Å². The highest BCUT2D eigenvalue weighted by atomic mass is 16.5. The van der Waals surface area contributed by atoms with Crippen molar-refractivity contribution in [3.8, 4) is 11.5 Å². The minimum Gasteiger partial charge on any atom is -0.494 e. The van der Waals surface area contributed by atoms with Gasteiger partial charge in [0.05, 0.1) is 12.5 Å². The second-order valence-electron chi connectivity index (χ2n) is 5.95. The third-order valence-electron chi connectivity index (χ3n) is 4.09. The highest BCUT2D eigenvalue weighted by molar-refractivity contribution is 5.82. The minimum absolute atomic E-state index is 0.0321. The predicted molar refractivity (Wildman–Crippen MR) is 94.5 cm³/mol. The van der Waals surface area contributed by atoms with Gasteiger partial charge in [0.25, 0.3) is 5.91 Å². The standard InChI is InChI=1S/C18H27N3O4/c1-2-24-15-5-7-16(8-6-15)25-13-17(22)21-11-3-4-14(12-21)18(23)20-10-9-19/h5-8,14H,2-4,9-13,19H2,1H3,(H,20,23). The molecule has 0 aliphatic carbocycles. The van der Waals surface area contributed by atoms with Crippen LogP contribution in [0, 0.1) is 5.92 Å². The third kappa shape index (κ3) is 5.94. The normalized spacial score (nSPS) is 17.0. The van der Waals surface area contributed by atoms with Crippen LogP contribution in [-0.4, -0.2) is 56.1 Å². The molecule has 3 N–H and O–H groups in total. The van der Waals surface area contributed by atoms with E-state index in [-0.39, 0.29) is 24.3 Å². The Balaban J connectivity index is 1.80. The first-order chi connectivity index (χ1) is 12.1. The highest BCUT2D eigenvalue weighted by Gasteiger charge is 2.28. The molecule has 1 atom stereocenters. The number of nitrogens with one attached hydrogen (secondary N) is 1. The number of nitrogens with zero attached hydrogens (tertiary/aromatic N) is 1. The smallest absolute Gasteiger partial charge is 0.260 e. The van der Waals surface area contributed by atoms with Crippen molar-refractivity contribution < 1.29 is 19.1 Å². The summed E-state index contributed by atoms with van der Waals surface area (Å²) in [5.41, 5.74) is 5.40. The number of hydrogen-bond donors (Lipinski definition) is 2. The Kier molecular flexibility index (Phi) is 7.53. The summed E-state index contributed by atoms with van der Waals surface area (Å²) in [4.78, 5) is 26.1. The van der Waals surface area contributed by atoms with E-state index in [9.17, 15) is 9.59 Å². The summed E-state index contributed by atoms with van der Waals surface area (Å²) in [5.74, 6) is 1.07. The summed E-state index contributed by atoms with van der Waals surface area (Å²) >= 11 is 0. The van der Waals surface area contributed by atoms with Crippen molar-refractivity contribution in [3.63, 3.8) is 0 Å². The number of ether oxygens (including phenoxy) is 2. The molecule has 7 nitrogen and oxygen atoms in total. The average molecular weight is 349 g/mol. The lowest BCUT2D eigenvalue weighted by molar-refractivity contribution is -0.137. The molecule has 0 bridgehead atoms. The van der Waals surface area contributed by atoms with Gasteiger partial charge in [-0.15, -0.1) is 0 Å². The molecule has 1 saturated heterocycles. The van der Waals surface area contributed by atoms with Crippen LogP contribution in [0.5, 0.6) is 11.5 Å². The van der Waals surface area contributed by atoms with Crippen LogP contribution in [0.15, 0.2) is 24.3 Å². The van der Waals surface area contributed by atoms with Crippen LogP contribution >= 0.6 is 0 Å². The van der Waals surface area contributed by atoms with E-state index in [1.807, 2.05) is 19.1 Å². The minimum atomic E-state index is -0.172. The fourth-order valence-corrected chi connectivity index (χ4v) is 2.79. The SMILES string of the molecule is CCOc1ccc(OCC(=O)N2CCCC(C(=O)NCCN)C2)cc1. The van der Waals surface area contributed by atoms with E-state index in [0.717, 1.165) is 18.6 Å². The first-order valence-corrected chi connectivity index (χ1v) is 8.75. The maximum absolute atomic E-state index is 12.3. The molecule has 1 aromatic rings. The summed E-state index contributed by atoms with van der Waals surface area (Å²) < 4.78 is 10.9. The number of hydrogen-bond acceptors (Lipinski definition) is 5. The third-order valence-corrected chi connectivity index (χ3v) is 4.09. The Morgan fingerprint density at radius 2 is 1.92 bits per heavy atom. The summed E-state index contributed by atoms with van der Waals surface area (Å²) in [6.07, 6.45) is 1.61. The largest absolute Gasteiger partial charge is 0.494 e. The van der Waals surface area contributed by atoms with Crippen LogP contribution in [0.1, 0.15) is 19.8 Å². The molecule has 0 aromatic heterocycles. The summed E-state index contributed by atoms with van der Waals surface area (Å²) in [7, 11) is 0. The quantitative estimate of drug-likeness (QED) is 0.723. The van der Waals surface area contributed by atoms with Crippen molar-refractivity contribution in [2.75, 3.05) is 39.4 Å². The highest BCUT2D eigenvalue weighted by Crippen LogP contribution is 2.19. The van der Waals surface area contributed by atoms with Crippen molar-refractivity contribution in [1.82, 2.24) is 10.2 Å². The van der Waals surface area contributed by atoms with E-state index in [0.29, 0.717) is 38.5 Å². The first-order valence-electron chi connectivity index (χ1n) is 8.75. The van der Waals surface area contributed by atoms with Crippen LogP contribution in [0.3, 0.4) is 0 Å². The number of nitrogens with two attached hydrogens (primary N) is 1. The van der Waals surface area contributed by atoms with Gasteiger partial charge in [0.2, 0.25) is 5.91 Å². The number of piperidine rings is 1. The summed E-state index contributed by atoms with van der Waals surface area (Å²) in [6, 6.07) is 7.17. The number of carbonyl (C=O) groups is 2. The van der Waals surface area contributed by atoms with Crippen LogP contribution < -0.4 is 20.5 Å². The Morgan fingerprint density at radius 3 is 2.56 bits per heavy atom. The fourth-order valence-electron chi connectivity index (χ4n) is 2.79. The first kappa shape index (κ1) is 19.1. The van der Waals surface area contributed by atoms with E-state index in [1.165, 1.54) is 0 Å². The van der Waals surface area contributed by atoms with Gasteiger partial charge in [-0.05, 0) is 44.0 Å². The lowest BCUT2D eigenvalue weighted by Gasteiger charge is -2.32. The Bertz CT molecular complexity index is 562. The molecule has 1 aliphatic rings. The number of carbonyl (C=O) groups excluding carboxylic acids is 2. The molecule has 2 amide bonds. The zero-order valence-corrected chi connectivity index (χ0v) is 14.7. The zero-order chi connectivity index (χ0) is 18.1. The predicted octanol–water partition coefficient (Wildman–Crippen LogP) is 0.778. The van der Waals surface area contributed by atoms with Crippen molar-refractivity contribution in [3.05, 3.63) is 24.3 Å². The number of rotatable bonds is 8. The molecule has 1 unspecified atom stereocenters.